The maximum atomic E-state index is 12.3. The van der Waals surface area contributed by atoms with Gasteiger partial charge in [0.1, 0.15) is 5.71 Å². The summed E-state index contributed by atoms with van der Waals surface area (Å²) in [5, 5.41) is 0. The second-order valence-electron chi connectivity index (χ2n) is 4.89. The van der Waals surface area contributed by atoms with Crippen LogP contribution < -0.4 is 0 Å². The van der Waals surface area contributed by atoms with Gasteiger partial charge in [-0.05, 0) is 5.92 Å². The van der Waals surface area contributed by atoms with Crippen molar-refractivity contribution in [3.05, 3.63) is 47.5 Å². The van der Waals surface area contributed by atoms with E-state index in [4.69, 9.17) is 0 Å². The number of carbonyl (C=O) groups excluding carboxylic acids is 2. The Hall–Kier alpha value is -2.03. The SMILES string of the molecule is C=C1C(=O)c2ccccc2C(=O)C1=NCC(C)CC. The minimum atomic E-state index is -0.196. The summed E-state index contributed by atoms with van der Waals surface area (Å²) >= 11 is 0. The van der Waals surface area contributed by atoms with Gasteiger partial charge in [0, 0.05) is 23.2 Å². The summed E-state index contributed by atoms with van der Waals surface area (Å²) in [6.45, 7) is 8.41. The van der Waals surface area contributed by atoms with Gasteiger partial charge in [0.05, 0.1) is 0 Å². The molecule has 0 fully saturated rings. The number of allylic oxidation sites excluding steroid dienone is 1. The van der Waals surface area contributed by atoms with Crippen molar-refractivity contribution in [1.29, 1.82) is 0 Å². The number of rotatable bonds is 3. The van der Waals surface area contributed by atoms with E-state index in [9.17, 15) is 9.59 Å². The Morgan fingerprint density at radius 3 is 2.32 bits per heavy atom. The Bertz CT molecular complexity index is 584. The van der Waals surface area contributed by atoms with Crippen LogP contribution in [0.4, 0.5) is 0 Å². The summed E-state index contributed by atoms with van der Waals surface area (Å²) in [6.07, 6.45) is 0.988. The van der Waals surface area contributed by atoms with Gasteiger partial charge in [-0.25, -0.2) is 0 Å². The highest BCUT2D eigenvalue weighted by Gasteiger charge is 2.32. The normalized spacial score (nSPS) is 18.6. The molecule has 3 nitrogen and oxygen atoms in total. The van der Waals surface area contributed by atoms with Crippen molar-refractivity contribution in [2.24, 2.45) is 10.9 Å². The molecular formula is C16H17NO2. The molecule has 0 aromatic heterocycles. The van der Waals surface area contributed by atoms with Crippen LogP contribution in [0.5, 0.6) is 0 Å². The highest BCUT2D eigenvalue weighted by atomic mass is 16.1. The molecule has 0 saturated heterocycles. The Morgan fingerprint density at radius 2 is 1.74 bits per heavy atom. The molecule has 1 aromatic carbocycles. The fraction of sp³-hybridized carbons (Fsp3) is 0.312. The van der Waals surface area contributed by atoms with Gasteiger partial charge in [-0.2, -0.15) is 0 Å². The monoisotopic (exact) mass is 255 g/mol. The van der Waals surface area contributed by atoms with E-state index in [-0.39, 0.29) is 22.9 Å². The topological polar surface area (TPSA) is 46.5 Å². The summed E-state index contributed by atoms with van der Waals surface area (Å²) in [4.78, 5) is 28.8. The fourth-order valence-electron chi connectivity index (χ4n) is 1.96. The van der Waals surface area contributed by atoms with Crippen molar-refractivity contribution in [2.75, 3.05) is 6.54 Å². The van der Waals surface area contributed by atoms with Crippen LogP contribution in [0.3, 0.4) is 0 Å². The van der Waals surface area contributed by atoms with Crippen LogP contribution in [0, 0.1) is 5.92 Å². The van der Waals surface area contributed by atoms with Crippen LogP contribution in [0.1, 0.15) is 41.0 Å². The molecular weight excluding hydrogens is 238 g/mol. The van der Waals surface area contributed by atoms with Gasteiger partial charge in [-0.15, -0.1) is 0 Å². The molecule has 0 spiro atoms. The Balaban J connectivity index is 2.41. The molecule has 3 heteroatoms. The van der Waals surface area contributed by atoms with Crippen molar-refractivity contribution < 1.29 is 9.59 Å². The van der Waals surface area contributed by atoms with Crippen LogP contribution in [0.2, 0.25) is 0 Å². The lowest BCUT2D eigenvalue weighted by Crippen LogP contribution is -2.30. The van der Waals surface area contributed by atoms with Gasteiger partial charge < -0.3 is 0 Å². The highest BCUT2D eigenvalue weighted by Crippen LogP contribution is 2.22. The number of Topliss-reactive ketones (excluding diaryl/α,β-unsaturated/α-hetero) is 2. The zero-order valence-electron chi connectivity index (χ0n) is 11.3. The van der Waals surface area contributed by atoms with Crippen molar-refractivity contribution in [3.8, 4) is 0 Å². The van der Waals surface area contributed by atoms with E-state index < -0.39 is 0 Å². The number of aliphatic imine (C=N–C) groups is 1. The number of fused-ring (bicyclic) bond motifs is 1. The number of ketones is 2. The summed E-state index contributed by atoms with van der Waals surface area (Å²) in [7, 11) is 0. The smallest absolute Gasteiger partial charge is 0.212 e. The third-order valence-electron chi connectivity index (χ3n) is 3.45. The summed E-state index contributed by atoms with van der Waals surface area (Å²) in [5.41, 5.74) is 1.30. The van der Waals surface area contributed by atoms with E-state index in [1.165, 1.54) is 0 Å². The average Bonchev–Trinajstić information content (AvgIpc) is 2.44. The molecule has 0 bridgehead atoms. The zero-order valence-corrected chi connectivity index (χ0v) is 11.3. The minimum Gasteiger partial charge on any atom is -0.289 e. The van der Waals surface area contributed by atoms with Crippen LogP contribution >= 0.6 is 0 Å². The first-order valence-electron chi connectivity index (χ1n) is 6.48. The van der Waals surface area contributed by atoms with Crippen LogP contribution in [-0.2, 0) is 0 Å². The zero-order chi connectivity index (χ0) is 14.0. The van der Waals surface area contributed by atoms with Crippen LogP contribution in [-0.4, -0.2) is 23.8 Å². The second-order valence-corrected chi connectivity index (χ2v) is 4.89. The maximum absolute atomic E-state index is 12.3. The molecule has 0 heterocycles. The van der Waals surface area contributed by atoms with Crippen LogP contribution in [0.15, 0.2) is 41.4 Å². The van der Waals surface area contributed by atoms with Gasteiger partial charge >= 0.3 is 0 Å². The number of nitrogens with zero attached hydrogens (tertiary/aromatic N) is 1. The molecule has 0 radical (unpaired) electrons. The largest absolute Gasteiger partial charge is 0.289 e. The predicted octanol–water partition coefficient (Wildman–Crippen LogP) is 3.11. The standard InChI is InChI=1S/C16H17NO2/c1-4-10(2)9-17-14-11(3)15(18)12-7-5-6-8-13(12)16(14)19/h5-8,10H,3-4,9H2,1-2H3. The van der Waals surface area contributed by atoms with Crippen molar-refractivity contribution in [1.82, 2.24) is 0 Å². The van der Waals surface area contributed by atoms with Gasteiger partial charge in [0.2, 0.25) is 5.78 Å². The highest BCUT2D eigenvalue weighted by molar-refractivity contribution is 6.61. The first kappa shape index (κ1) is 13.4. The predicted molar refractivity (Wildman–Crippen MR) is 76.0 cm³/mol. The number of carbonyl (C=O) groups is 2. The molecule has 0 saturated carbocycles. The van der Waals surface area contributed by atoms with E-state index in [2.05, 4.69) is 25.4 Å². The number of benzene rings is 1. The molecule has 1 aliphatic carbocycles. The fourth-order valence-corrected chi connectivity index (χ4v) is 1.96. The maximum Gasteiger partial charge on any atom is 0.212 e. The first-order valence-corrected chi connectivity index (χ1v) is 6.48. The molecule has 2 rings (SSSR count). The molecule has 0 amide bonds. The molecule has 1 aliphatic rings. The quantitative estimate of drug-likeness (QED) is 0.779. The minimum absolute atomic E-state index is 0.191. The van der Waals surface area contributed by atoms with E-state index >= 15 is 0 Å². The van der Waals surface area contributed by atoms with E-state index in [1.54, 1.807) is 24.3 Å². The van der Waals surface area contributed by atoms with Gasteiger partial charge in [-0.1, -0.05) is 51.1 Å². The van der Waals surface area contributed by atoms with E-state index in [1.807, 2.05) is 0 Å². The summed E-state index contributed by atoms with van der Waals surface area (Å²) in [5.74, 6) is 0.00183. The van der Waals surface area contributed by atoms with E-state index in [0.29, 0.717) is 23.6 Å². The van der Waals surface area contributed by atoms with Crippen molar-refractivity contribution in [3.63, 3.8) is 0 Å². The Kier molecular flexibility index (Phi) is 3.74. The summed E-state index contributed by atoms with van der Waals surface area (Å²) < 4.78 is 0. The Labute approximate surface area is 113 Å². The molecule has 98 valence electrons. The molecule has 1 atom stereocenters. The van der Waals surface area contributed by atoms with Gasteiger partial charge in [-0.3, -0.25) is 14.6 Å². The van der Waals surface area contributed by atoms with Crippen LogP contribution in [0.25, 0.3) is 0 Å². The van der Waals surface area contributed by atoms with Crippen molar-refractivity contribution >= 4 is 17.3 Å². The van der Waals surface area contributed by atoms with E-state index in [0.717, 1.165) is 6.42 Å². The third-order valence-corrected chi connectivity index (χ3v) is 3.45. The lowest BCUT2D eigenvalue weighted by Gasteiger charge is -2.18. The van der Waals surface area contributed by atoms with Gasteiger partial charge in [0.25, 0.3) is 0 Å². The molecule has 0 N–H and O–H groups in total. The third kappa shape index (κ3) is 2.41. The first-order chi connectivity index (χ1) is 9.06. The summed E-state index contributed by atoms with van der Waals surface area (Å²) in [6, 6.07) is 6.83. The Morgan fingerprint density at radius 1 is 1.16 bits per heavy atom. The molecule has 0 aliphatic heterocycles. The lowest BCUT2D eigenvalue weighted by molar-refractivity contribution is 0.0998. The molecule has 1 unspecified atom stereocenters. The molecule has 19 heavy (non-hydrogen) atoms. The molecule has 1 aromatic rings. The van der Waals surface area contributed by atoms with Crippen molar-refractivity contribution in [2.45, 2.75) is 20.3 Å². The van der Waals surface area contributed by atoms with Gasteiger partial charge in [0.15, 0.2) is 5.78 Å². The second kappa shape index (κ2) is 5.31. The average molecular weight is 255 g/mol. The number of hydrogen-bond acceptors (Lipinski definition) is 3. The number of hydrogen-bond donors (Lipinski definition) is 0. The lowest BCUT2D eigenvalue weighted by atomic mass is 9.85.